The molecule has 5 heteroatoms. The molecule has 0 unspecified atom stereocenters. The Hall–Kier alpha value is -1.65. The number of methoxy groups -OCH3 is 1. The summed E-state index contributed by atoms with van der Waals surface area (Å²) >= 11 is 0. The van der Waals surface area contributed by atoms with E-state index in [1.165, 1.54) is 19.2 Å². The first-order valence-electron chi connectivity index (χ1n) is 6.11. The van der Waals surface area contributed by atoms with Crippen LogP contribution < -0.4 is 4.74 Å². The van der Waals surface area contributed by atoms with Gasteiger partial charge in [-0.15, -0.1) is 0 Å². The maximum absolute atomic E-state index is 13.6. The molecule has 0 spiro atoms. The van der Waals surface area contributed by atoms with Gasteiger partial charge in [0.15, 0.2) is 0 Å². The summed E-state index contributed by atoms with van der Waals surface area (Å²) in [5.41, 5.74) is -0.838. The van der Waals surface area contributed by atoms with Crippen molar-refractivity contribution in [2.24, 2.45) is 0 Å². The van der Waals surface area contributed by atoms with Crippen molar-refractivity contribution in [2.45, 2.75) is 37.5 Å². The quantitative estimate of drug-likeness (QED) is 0.913. The summed E-state index contributed by atoms with van der Waals surface area (Å²) < 4.78 is 32.1. The predicted octanol–water partition coefficient (Wildman–Crippen LogP) is 3.31. The molecule has 1 fully saturated rings. The molecule has 19 heavy (non-hydrogen) atoms. The molecule has 1 aromatic carbocycles. The van der Waals surface area contributed by atoms with Crippen molar-refractivity contribution in [2.75, 3.05) is 7.11 Å². The maximum Gasteiger partial charge on any atom is 0.314 e. The Morgan fingerprint density at radius 2 is 2.05 bits per heavy atom. The van der Waals surface area contributed by atoms with Crippen LogP contribution in [-0.2, 0) is 16.1 Å². The number of ether oxygens (including phenoxy) is 1. The van der Waals surface area contributed by atoms with E-state index >= 15 is 0 Å². The second-order valence-electron chi connectivity index (χ2n) is 5.04. The standard InChI is InChI=1S/C14H16F2O3/c1-13(15,16)10-8-9(4-5-11(10)19-2)14(12(17)18)6-3-7-14/h4-5,8H,3,6-7H2,1-2H3,(H,17,18). The summed E-state index contributed by atoms with van der Waals surface area (Å²) in [5, 5.41) is 9.34. The van der Waals surface area contributed by atoms with E-state index in [1.807, 2.05) is 0 Å². The molecule has 1 aromatic rings. The van der Waals surface area contributed by atoms with Crippen molar-refractivity contribution in [1.29, 1.82) is 0 Å². The van der Waals surface area contributed by atoms with E-state index in [0.717, 1.165) is 13.3 Å². The SMILES string of the molecule is COc1ccc(C2(C(=O)O)CCC2)cc1C(C)(F)F. The van der Waals surface area contributed by atoms with E-state index in [9.17, 15) is 18.7 Å². The molecule has 0 aromatic heterocycles. The van der Waals surface area contributed by atoms with Crippen LogP contribution in [0.25, 0.3) is 0 Å². The molecule has 0 bridgehead atoms. The molecule has 0 aliphatic heterocycles. The van der Waals surface area contributed by atoms with Crippen LogP contribution in [0.4, 0.5) is 8.78 Å². The Bertz CT molecular complexity index is 502. The van der Waals surface area contributed by atoms with Crippen molar-refractivity contribution >= 4 is 5.97 Å². The number of aliphatic carboxylic acids is 1. The van der Waals surface area contributed by atoms with Crippen LogP contribution in [0.15, 0.2) is 18.2 Å². The molecular formula is C14H16F2O3. The molecule has 0 atom stereocenters. The Balaban J connectivity index is 2.52. The van der Waals surface area contributed by atoms with Gasteiger partial charge in [0.1, 0.15) is 5.75 Å². The minimum atomic E-state index is -3.06. The monoisotopic (exact) mass is 270 g/mol. The fraction of sp³-hybridized carbons (Fsp3) is 0.500. The van der Waals surface area contributed by atoms with Gasteiger partial charge in [-0.2, -0.15) is 0 Å². The number of benzene rings is 1. The van der Waals surface area contributed by atoms with E-state index in [0.29, 0.717) is 18.4 Å². The fourth-order valence-electron chi connectivity index (χ4n) is 2.51. The molecule has 0 saturated heterocycles. The largest absolute Gasteiger partial charge is 0.496 e. The summed E-state index contributed by atoms with van der Waals surface area (Å²) in [6.07, 6.45) is 1.78. The smallest absolute Gasteiger partial charge is 0.314 e. The lowest BCUT2D eigenvalue weighted by Crippen LogP contribution is -2.42. The number of hydrogen-bond donors (Lipinski definition) is 1. The second-order valence-corrected chi connectivity index (χ2v) is 5.04. The maximum atomic E-state index is 13.6. The van der Waals surface area contributed by atoms with E-state index in [-0.39, 0.29) is 11.3 Å². The van der Waals surface area contributed by atoms with Crippen molar-refractivity contribution in [3.63, 3.8) is 0 Å². The third kappa shape index (κ3) is 2.17. The van der Waals surface area contributed by atoms with Crippen LogP contribution in [0, 0.1) is 0 Å². The summed E-state index contributed by atoms with van der Waals surface area (Å²) in [5.74, 6) is -3.93. The Kier molecular flexibility index (Phi) is 3.24. The highest BCUT2D eigenvalue weighted by Gasteiger charge is 2.46. The zero-order valence-corrected chi connectivity index (χ0v) is 10.9. The van der Waals surface area contributed by atoms with Gasteiger partial charge in [0.25, 0.3) is 5.92 Å². The number of hydrogen-bond acceptors (Lipinski definition) is 2. The summed E-state index contributed by atoms with van der Waals surface area (Å²) in [4.78, 5) is 11.4. The van der Waals surface area contributed by atoms with Crippen LogP contribution in [0.5, 0.6) is 5.75 Å². The van der Waals surface area contributed by atoms with Crippen LogP contribution in [0.1, 0.15) is 37.3 Å². The van der Waals surface area contributed by atoms with Crippen molar-refractivity contribution in [3.8, 4) is 5.75 Å². The molecule has 0 radical (unpaired) electrons. The van der Waals surface area contributed by atoms with Gasteiger partial charge in [-0.25, -0.2) is 8.78 Å². The molecule has 104 valence electrons. The highest BCUT2D eigenvalue weighted by Crippen LogP contribution is 2.46. The van der Waals surface area contributed by atoms with Gasteiger partial charge < -0.3 is 9.84 Å². The third-order valence-electron chi connectivity index (χ3n) is 3.84. The van der Waals surface area contributed by atoms with Gasteiger partial charge in [0.05, 0.1) is 18.1 Å². The van der Waals surface area contributed by atoms with Gasteiger partial charge in [-0.3, -0.25) is 4.79 Å². The lowest BCUT2D eigenvalue weighted by molar-refractivity contribution is -0.147. The molecular weight excluding hydrogens is 254 g/mol. The Morgan fingerprint density at radius 1 is 1.42 bits per heavy atom. The first-order valence-corrected chi connectivity index (χ1v) is 6.11. The lowest BCUT2D eigenvalue weighted by Gasteiger charge is -2.38. The lowest BCUT2D eigenvalue weighted by atomic mass is 9.64. The zero-order chi connectivity index (χ0) is 14.3. The number of rotatable bonds is 4. The van der Waals surface area contributed by atoms with Gasteiger partial charge in [0, 0.05) is 6.92 Å². The normalized spacial score (nSPS) is 17.7. The fourth-order valence-corrected chi connectivity index (χ4v) is 2.51. The minimum absolute atomic E-state index is 0.0797. The first-order chi connectivity index (χ1) is 8.81. The van der Waals surface area contributed by atoms with Crippen molar-refractivity contribution in [1.82, 2.24) is 0 Å². The highest BCUT2D eigenvalue weighted by molar-refractivity contribution is 5.82. The average molecular weight is 270 g/mol. The van der Waals surface area contributed by atoms with Crippen LogP contribution >= 0.6 is 0 Å². The number of alkyl halides is 2. The zero-order valence-electron chi connectivity index (χ0n) is 10.9. The Labute approximate surface area is 110 Å². The van der Waals surface area contributed by atoms with Crippen LogP contribution in [-0.4, -0.2) is 18.2 Å². The van der Waals surface area contributed by atoms with E-state index < -0.39 is 17.3 Å². The van der Waals surface area contributed by atoms with E-state index in [4.69, 9.17) is 4.74 Å². The number of carboxylic acids is 1. The third-order valence-corrected chi connectivity index (χ3v) is 3.84. The van der Waals surface area contributed by atoms with E-state index in [1.54, 1.807) is 6.07 Å². The van der Waals surface area contributed by atoms with Crippen LogP contribution in [0.3, 0.4) is 0 Å². The van der Waals surface area contributed by atoms with Crippen LogP contribution in [0.2, 0.25) is 0 Å². The molecule has 2 rings (SSSR count). The van der Waals surface area contributed by atoms with Gasteiger partial charge in [0.2, 0.25) is 0 Å². The Morgan fingerprint density at radius 3 is 2.42 bits per heavy atom. The molecule has 0 heterocycles. The molecule has 3 nitrogen and oxygen atoms in total. The number of carbonyl (C=O) groups is 1. The topological polar surface area (TPSA) is 46.5 Å². The van der Waals surface area contributed by atoms with E-state index in [2.05, 4.69) is 0 Å². The predicted molar refractivity (Wildman–Crippen MR) is 65.7 cm³/mol. The van der Waals surface area contributed by atoms with Gasteiger partial charge in [-0.05, 0) is 30.5 Å². The molecule has 0 amide bonds. The molecule has 1 aliphatic rings. The van der Waals surface area contributed by atoms with Crippen molar-refractivity contribution < 1.29 is 23.4 Å². The summed E-state index contributed by atoms with van der Waals surface area (Å²) in [6.45, 7) is 0.781. The van der Waals surface area contributed by atoms with Gasteiger partial charge in [-0.1, -0.05) is 12.5 Å². The molecule has 1 saturated carbocycles. The highest BCUT2D eigenvalue weighted by atomic mass is 19.3. The first kappa shape index (κ1) is 13.8. The molecule has 1 aliphatic carbocycles. The molecule has 1 N–H and O–H groups in total. The van der Waals surface area contributed by atoms with Gasteiger partial charge >= 0.3 is 5.97 Å². The summed E-state index contributed by atoms with van der Waals surface area (Å²) in [6, 6.07) is 4.26. The number of halogens is 2. The minimum Gasteiger partial charge on any atom is -0.496 e. The summed E-state index contributed by atoms with van der Waals surface area (Å²) in [7, 11) is 1.32. The van der Waals surface area contributed by atoms with Crippen molar-refractivity contribution in [3.05, 3.63) is 29.3 Å². The number of carboxylic acid groups (broad SMARTS) is 1. The second kappa shape index (κ2) is 4.47. The average Bonchev–Trinajstić information content (AvgIpc) is 2.25.